The second-order valence-electron chi connectivity index (χ2n) is 23.3. The molecule has 14 atom stereocenters. The first-order chi connectivity index (χ1) is 42.1. The van der Waals surface area contributed by atoms with Crippen molar-refractivity contribution in [2.24, 2.45) is 22.7 Å². The van der Waals surface area contributed by atoms with Gasteiger partial charge in [-0.1, -0.05) is 140 Å². The van der Waals surface area contributed by atoms with E-state index in [1.807, 2.05) is 0 Å². The maximum Gasteiger partial charge on any atom is 0.408 e. The van der Waals surface area contributed by atoms with E-state index in [1.54, 1.807) is 141 Å². The molecule has 3 saturated carbocycles. The molecule has 5 aromatic carbocycles. The van der Waals surface area contributed by atoms with Gasteiger partial charge in [0.25, 0.3) is 5.91 Å². The molecular weight excluding hydrogens is 1140 g/mol. The number of hydrogen-bond donors (Lipinski definition) is 4. The number of rotatable bonds is 20. The molecule has 21 heteroatoms. The van der Waals surface area contributed by atoms with Crippen LogP contribution in [0.4, 0.5) is 4.79 Å². The van der Waals surface area contributed by atoms with E-state index in [-0.39, 0.29) is 48.5 Å². The standard InChI is InChI=1S/C67H68N2O19/c1-38-51-47(34-67(80)58(87-60(76)45-29-19-10-20-30-45)56-64(4,48(72)33-49-66(56,37-83-49)88-40(3)71)57(74)54(84-39(2)70)52(38)65(51,67)5)85-62(78)55(53(43-25-15-8-16-26-43)69-59(75)44-27-17-9-18-28-44)86-50(73)32-31-46(61(77)81-35-41-21-11-6-12-22-41)68-63(79)82-36-42-23-13-7-14-24-42/h6-30,46-49,51,53-56,58,72,80H,31-37H2,1-5H3,(H,68,79)(H,69,75)/t46?,47-,48-,49+,51?,53-,54+,55+,56-,58-,64+,65?,66-,67+/m0/s1. The second-order valence-corrected chi connectivity index (χ2v) is 23.3. The van der Waals surface area contributed by atoms with E-state index in [0.717, 1.165) is 13.8 Å². The molecule has 4 fully saturated rings. The molecule has 1 aliphatic heterocycles. The van der Waals surface area contributed by atoms with Crippen LogP contribution >= 0.6 is 0 Å². The van der Waals surface area contributed by atoms with Crippen molar-refractivity contribution in [1.82, 2.24) is 10.6 Å². The van der Waals surface area contributed by atoms with E-state index < -0.39 is 155 Å². The molecule has 10 rings (SSSR count). The lowest BCUT2D eigenvalue weighted by Crippen LogP contribution is -2.81. The monoisotopic (exact) mass is 1200 g/mol. The number of hydrogen-bond acceptors (Lipinski definition) is 19. The number of carbonyl (C=O) groups is 9. The van der Waals surface area contributed by atoms with Crippen molar-refractivity contribution in [2.45, 2.75) is 133 Å². The SMILES string of the molecule is CC(=O)O[C@H]1C(=O)[C@@]2(C)[C@H]([C@H](OC(=O)c3ccccc3)[C@]3(O)C[C@H](OC(=O)[C@H](OC(=O)CCC(NC(=O)OCc4ccccc4)C(=O)OCc4ccccc4)[C@@H](NC(=O)c4ccccc4)c4ccccc4)C4C(C)=C1C43C)[C@]1(OC(C)=O)CO[C@@H]1C[C@@H]2O. The summed E-state index contributed by atoms with van der Waals surface area (Å²) in [7, 11) is 0. The zero-order valence-electron chi connectivity index (χ0n) is 49.0. The predicted octanol–water partition coefficient (Wildman–Crippen LogP) is 6.72. The number of ketones is 1. The fraction of sp³-hybridized carbons (Fsp3) is 0.388. The minimum absolute atomic E-state index is 0.0184. The van der Waals surface area contributed by atoms with Gasteiger partial charge in [-0.15, -0.1) is 0 Å². The lowest BCUT2D eigenvalue weighted by Gasteiger charge is -2.67. The zero-order chi connectivity index (χ0) is 62.7. The van der Waals surface area contributed by atoms with E-state index in [1.165, 1.54) is 31.2 Å². The zero-order valence-corrected chi connectivity index (χ0v) is 49.0. The largest absolute Gasteiger partial charge is 0.459 e. The summed E-state index contributed by atoms with van der Waals surface area (Å²) < 4.78 is 48.3. The van der Waals surface area contributed by atoms with Crippen LogP contribution in [0.15, 0.2) is 163 Å². The van der Waals surface area contributed by atoms with Crippen molar-refractivity contribution in [1.29, 1.82) is 0 Å². The normalized spacial score (nSPS) is 28.2. The molecule has 3 unspecified atom stereocenters. The summed E-state index contributed by atoms with van der Waals surface area (Å²) in [6.07, 6.45) is -13.0. The number of benzene rings is 5. The highest BCUT2D eigenvalue weighted by Gasteiger charge is 2.83. The molecule has 1 saturated heterocycles. The minimum atomic E-state index is -2.48. The van der Waals surface area contributed by atoms with E-state index in [9.17, 15) is 43.8 Å². The van der Waals surface area contributed by atoms with Crippen LogP contribution in [0.2, 0.25) is 0 Å². The van der Waals surface area contributed by atoms with Crippen molar-refractivity contribution < 1.29 is 91.3 Å². The van der Waals surface area contributed by atoms with Crippen LogP contribution in [0, 0.1) is 22.7 Å². The number of aliphatic hydroxyl groups excluding tert-OH is 1. The van der Waals surface area contributed by atoms with Gasteiger partial charge in [-0.05, 0) is 66.8 Å². The number of aliphatic hydroxyl groups is 2. The van der Waals surface area contributed by atoms with E-state index in [0.29, 0.717) is 16.7 Å². The number of carbonyl (C=O) groups excluding carboxylic acids is 9. The van der Waals surface area contributed by atoms with Gasteiger partial charge in [-0.25, -0.2) is 19.2 Å². The molecule has 0 aromatic heterocycles. The highest BCUT2D eigenvalue weighted by molar-refractivity contribution is 5.97. The lowest BCUT2D eigenvalue weighted by atomic mass is 9.43. The van der Waals surface area contributed by atoms with Gasteiger partial charge in [0.15, 0.2) is 17.5 Å². The molecular formula is C67H68N2O19. The molecule has 0 bridgehead atoms. The number of Topliss-reactive ketones (excluding diaryl/α,β-unsaturated/α-hetero) is 1. The summed E-state index contributed by atoms with van der Waals surface area (Å²) in [5.41, 5.74) is -6.20. The molecule has 4 aliphatic carbocycles. The topological polar surface area (TPSA) is 292 Å². The fourth-order valence-electron chi connectivity index (χ4n) is 13.9. The summed E-state index contributed by atoms with van der Waals surface area (Å²) in [6, 6.07) is 38.2. The summed E-state index contributed by atoms with van der Waals surface area (Å²) in [5, 5.41) is 31.9. The average molecular weight is 1210 g/mol. The number of ether oxygens (including phenoxy) is 8. The van der Waals surface area contributed by atoms with Crippen molar-refractivity contribution in [3.63, 3.8) is 0 Å². The first kappa shape index (κ1) is 62.0. The van der Waals surface area contributed by atoms with Crippen molar-refractivity contribution >= 4 is 53.6 Å². The van der Waals surface area contributed by atoms with Gasteiger partial charge < -0.3 is 58.7 Å². The molecule has 88 heavy (non-hydrogen) atoms. The van der Waals surface area contributed by atoms with Crippen molar-refractivity contribution in [3.05, 3.63) is 191 Å². The maximum absolute atomic E-state index is 15.7. The first-order valence-corrected chi connectivity index (χ1v) is 29.0. The third-order valence-electron chi connectivity index (χ3n) is 18.1. The Hall–Kier alpha value is -9.05. The minimum Gasteiger partial charge on any atom is -0.459 e. The highest BCUT2D eigenvalue weighted by Crippen LogP contribution is 2.72. The second kappa shape index (κ2) is 25.3. The van der Waals surface area contributed by atoms with Crippen LogP contribution in [0.1, 0.15) is 104 Å². The summed E-state index contributed by atoms with van der Waals surface area (Å²) >= 11 is 0. The Labute approximate surface area is 506 Å². The summed E-state index contributed by atoms with van der Waals surface area (Å²) in [6.45, 7) is 6.01. The number of nitrogens with one attached hydrogen (secondary N) is 2. The molecule has 4 N–H and O–H groups in total. The van der Waals surface area contributed by atoms with Crippen LogP contribution in [0.5, 0.6) is 0 Å². The Kier molecular flexibility index (Phi) is 17.9. The molecule has 1 heterocycles. The van der Waals surface area contributed by atoms with E-state index in [2.05, 4.69) is 10.6 Å². The highest BCUT2D eigenvalue weighted by atomic mass is 16.6. The van der Waals surface area contributed by atoms with Crippen LogP contribution in [0.3, 0.4) is 0 Å². The van der Waals surface area contributed by atoms with Gasteiger partial charge in [0, 0.05) is 50.0 Å². The van der Waals surface area contributed by atoms with Gasteiger partial charge in [0.05, 0.1) is 29.6 Å². The number of fused-ring (bicyclic) bond motifs is 3. The maximum atomic E-state index is 15.7. The van der Waals surface area contributed by atoms with Crippen LogP contribution < -0.4 is 10.6 Å². The summed E-state index contributed by atoms with van der Waals surface area (Å²) in [4.78, 5) is 129. The van der Waals surface area contributed by atoms with E-state index >= 15 is 9.59 Å². The Morgan fingerprint density at radius 1 is 0.693 bits per heavy atom. The third kappa shape index (κ3) is 11.7. The molecule has 460 valence electrons. The van der Waals surface area contributed by atoms with Crippen LogP contribution in [-0.2, 0) is 79.9 Å². The molecule has 0 radical (unpaired) electrons. The molecule has 2 amide bonds. The fourth-order valence-corrected chi connectivity index (χ4v) is 13.9. The molecule has 0 spiro atoms. The number of alkyl carbamates (subject to hydrolysis) is 1. The van der Waals surface area contributed by atoms with Crippen LogP contribution in [0.25, 0.3) is 0 Å². The van der Waals surface area contributed by atoms with Crippen LogP contribution in [-0.4, -0.2) is 124 Å². The average Bonchev–Trinajstić information content (AvgIpc) is 1.30. The van der Waals surface area contributed by atoms with Gasteiger partial charge >= 0.3 is 41.9 Å². The molecule has 5 aromatic rings. The van der Waals surface area contributed by atoms with Gasteiger partial charge in [0.1, 0.15) is 49.2 Å². The van der Waals surface area contributed by atoms with E-state index in [4.69, 9.17) is 37.9 Å². The van der Waals surface area contributed by atoms with Crippen molar-refractivity contribution in [2.75, 3.05) is 6.61 Å². The van der Waals surface area contributed by atoms with Gasteiger partial charge in [-0.2, -0.15) is 0 Å². The molecule has 21 nitrogen and oxygen atoms in total. The van der Waals surface area contributed by atoms with Gasteiger partial charge in [-0.3, -0.25) is 24.0 Å². The third-order valence-corrected chi connectivity index (χ3v) is 18.1. The lowest BCUT2D eigenvalue weighted by molar-refractivity contribution is -0.344. The predicted molar refractivity (Wildman–Crippen MR) is 308 cm³/mol. The smallest absolute Gasteiger partial charge is 0.408 e. The van der Waals surface area contributed by atoms with Gasteiger partial charge in [0.2, 0.25) is 6.10 Å². The Balaban J connectivity index is 1.03. The summed E-state index contributed by atoms with van der Waals surface area (Å²) in [5.74, 6) is -10.3. The quantitative estimate of drug-likeness (QED) is 0.0357. The molecule has 5 aliphatic rings. The number of amides is 2. The Morgan fingerprint density at radius 3 is 1.83 bits per heavy atom. The number of esters is 6. The Bertz CT molecular complexity index is 3500. The first-order valence-electron chi connectivity index (χ1n) is 29.0. The van der Waals surface area contributed by atoms with Crippen molar-refractivity contribution in [3.8, 4) is 0 Å². The Morgan fingerprint density at radius 2 is 1.26 bits per heavy atom.